The molecular weight excluding hydrogens is 388 g/mol. The van der Waals surface area contributed by atoms with Gasteiger partial charge in [0.2, 0.25) is 10.0 Å². The van der Waals surface area contributed by atoms with Gasteiger partial charge in [-0.15, -0.1) is 0 Å². The lowest BCUT2D eigenvalue weighted by atomic mass is 10.3. The van der Waals surface area contributed by atoms with E-state index in [1.54, 1.807) is 12.1 Å². The van der Waals surface area contributed by atoms with Crippen LogP contribution in [0.5, 0.6) is 0 Å². The average molecular weight is 402 g/mol. The molecule has 0 aliphatic carbocycles. The standard InChI is InChI=1S/C10H14Br2N2O3S/c1-2-17-4-3-14-18(15,16)10-8(11)5-7(13)6-9(10)12/h5-6,14H,2-4,13H2,1H3. The minimum absolute atomic E-state index is 0.133. The van der Waals surface area contributed by atoms with Crippen molar-refractivity contribution in [2.24, 2.45) is 0 Å². The fraction of sp³-hybridized carbons (Fsp3) is 0.400. The fourth-order valence-electron chi connectivity index (χ4n) is 1.30. The molecular formula is C10H14Br2N2O3S. The van der Waals surface area contributed by atoms with Crippen LogP contribution in [0.2, 0.25) is 0 Å². The predicted octanol–water partition coefficient (Wildman–Crippen LogP) is 2.11. The summed E-state index contributed by atoms with van der Waals surface area (Å²) in [4.78, 5) is 0.133. The molecule has 3 N–H and O–H groups in total. The van der Waals surface area contributed by atoms with E-state index in [-0.39, 0.29) is 11.4 Å². The Labute approximate surface area is 123 Å². The molecule has 1 rings (SSSR count). The first-order valence-electron chi connectivity index (χ1n) is 5.20. The molecule has 102 valence electrons. The van der Waals surface area contributed by atoms with Crippen molar-refractivity contribution in [2.45, 2.75) is 11.8 Å². The van der Waals surface area contributed by atoms with Crippen LogP contribution in [0.1, 0.15) is 6.92 Å². The Hall–Kier alpha value is -0.150. The number of benzene rings is 1. The molecule has 0 spiro atoms. The second kappa shape index (κ2) is 6.85. The number of ether oxygens (including phenoxy) is 1. The van der Waals surface area contributed by atoms with Gasteiger partial charge >= 0.3 is 0 Å². The number of nitrogens with two attached hydrogens (primary N) is 1. The van der Waals surface area contributed by atoms with Crippen LogP contribution in [0, 0.1) is 0 Å². The van der Waals surface area contributed by atoms with Crippen molar-refractivity contribution < 1.29 is 13.2 Å². The molecule has 0 radical (unpaired) electrons. The van der Waals surface area contributed by atoms with E-state index in [2.05, 4.69) is 36.6 Å². The van der Waals surface area contributed by atoms with Gasteiger partial charge < -0.3 is 10.5 Å². The smallest absolute Gasteiger partial charge is 0.242 e. The first-order valence-corrected chi connectivity index (χ1v) is 8.27. The van der Waals surface area contributed by atoms with Crippen molar-refractivity contribution in [1.29, 1.82) is 0 Å². The van der Waals surface area contributed by atoms with Crippen molar-refractivity contribution in [2.75, 3.05) is 25.5 Å². The number of rotatable bonds is 6. The highest BCUT2D eigenvalue weighted by molar-refractivity contribution is 9.11. The monoisotopic (exact) mass is 400 g/mol. The van der Waals surface area contributed by atoms with E-state index in [9.17, 15) is 8.42 Å². The highest BCUT2D eigenvalue weighted by Crippen LogP contribution is 2.32. The zero-order valence-electron chi connectivity index (χ0n) is 9.74. The average Bonchev–Trinajstić information content (AvgIpc) is 2.22. The Balaban J connectivity index is 2.92. The van der Waals surface area contributed by atoms with Crippen molar-refractivity contribution in [3.63, 3.8) is 0 Å². The number of nitrogen functional groups attached to an aromatic ring is 1. The van der Waals surface area contributed by atoms with Crippen molar-refractivity contribution >= 4 is 47.6 Å². The minimum Gasteiger partial charge on any atom is -0.399 e. The van der Waals surface area contributed by atoms with Gasteiger partial charge in [-0.1, -0.05) is 0 Å². The Morgan fingerprint density at radius 1 is 1.33 bits per heavy atom. The number of hydrogen-bond acceptors (Lipinski definition) is 4. The lowest BCUT2D eigenvalue weighted by Gasteiger charge is -2.11. The van der Waals surface area contributed by atoms with Gasteiger partial charge in [-0.25, -0.2) is 13.1 Å². The number of halogens is 2. The Morgan fingerprint density at radius 3 is 2.39 bits per heavy atom. The third-order valence-corrected chi connectivity index (χ3v) is 5.37. The summed E-state index contributed by atoms with van der Waals surface area (Å²) in [6.07, 6.45) is 0. The summed E-state index contributed by atoms with van der Waals surface area (Å²) in [5.41, 5.74) is 6.09. The molecule has 1 aromatic rings. The Morgan fingerprint density at radius 2 is 1.89 bits per heavy atom. The van der Waals surface area contributed by atoms with Crippen molar-refractivity contribution in [3.8, 4) is 0 Å². The number of nitrogens with one attached hydrogen (secondary N) is 1. The zero-order chi connectivity index (χ0) is 13.8. The highest BCUT2D eigenvalue weighted by atomic mass is 79.9. The number of sulfonamides is 1. The van der Waals surface area contributed by atoms with Gasteiger partial charge in [0.15, 0.2) is 0 Å². The molecule has 0 atom stereocenters. The maximum absolute atomic E-state index is 12.1. The Bertz CT molecular complexity index is 497. The normalized spacial score (nSPS) is 11.7. The molecule has 0 fully saturated rings. The molecule has 18 heavy (non-hydrogen) atoms. The second-order valence-corrected chi connectivity index (χ2v) is 6.82. The second-order valence-electron chi connectivity index (χ2n) is 3.41. The van der Waals surface area contributed by atoms with E-state index in [0.29, 0.717) is 27.8 Å². The molecule has 0 bridgehead atoms. The van der Waals surface area contributed by atoms with Crippen LogP contribution in [-0.4, -0.2) is 28.2 Å². The first-order chi connectivity index (χ1) is 8.38. The van der Waals surface area contributed by atoms with E-state index in [1.807, 2.05) is 6.92 Å². The number of anilines is 1. The summed E-state index contributed by atoms with van der Waals surface area (Å²) < 4.78 is 32.5. The zero-order valence-corrected chi connectivity index (χ0v) is 13.7. The summed E-state index contributed by atoms with van der Waals surface area (Å²) in [5.74, 6) is 0. The molecule has 5 nitrogen and oxygen atoms in total. The molecule has 0 aliphatic rings. The summed E-state index contributed by atoms with van der Waals surface area (Å²) >= 11 is 6.39. The van der Waals surface area contributed by atoms with Gasteiger partial charge in [-0.05, 0) is 50.9 Å². The molecule has 0 amide bonds. The van der Waals surface area contributed by atoms with E-state index < -0.39 is 10.0 Å². The largest absolute Gasteiger partial charge is 0.399 e. The molecule has 0 aliphatic heterocycles. The Kier molecular flexibility index (Phi) is 6.06. The van der Waals surface area contributed by atoms with Gasteiger partial charge in [0.05, 0.1) is 6.61 Å². The molecule has 0 saturated heterocycles. The van der Waals surface area contributed by atoms with Crippen LogP contribution >= 0.6 is 31.9 Å². The van der Waals surface area contributed by atoms with Crippen LogP contribution in [0.4, 0.5) is 5.69 Å². The topological polar surface area (TPSA) is 81.4 Å². The van der Waals surface area contributed by atoms with Gasteiger partial charge in [0.1, 0.15) is 4.90 Å². The van der Waals surface area contributed by atoms with Gasteiger partial charge in [-0.3, -0.25) is 0 Å². The number of hydrogen-bond donors (Lipinski definition) is 2. The minimum atomic E-state index is -3.60. The first kappa shape index (κ1) is 15.9. The van der Waals surface area contributed by atoms with Crippen molar-refractivity contribution in [1.82, 2.24) is 4.72 Å². The van der Waals surface area contributed by atoms with Crippen molar-refractivity contribution in [3.05, 3.63) is 21.1 Å². The van der Waals surface area contributed by atoms with Gasteiger partial charge in [0.25, 0.3) is 0 Å². The summed E-state index contributed by atoms with van der Waals surface area (Å²) in [7, 11) is -3.60. The summed E-state index contributed by atoms with van der Waals surface area (Å²) in [5, 5.41) is 0. The van der Waals surface area contributed by atoms with E-state index >= 15 is 0 Å². The van der Waals surface area contributed by atoms with Gasteiger partial charge in [0, 0.05) is 27.8 Å². The third-order valence-electron chi connectivity index (χ3n) is 2.03. The maximum Gasteiger partial charge on any atom is 0.242 e. The van der Waals surface area contributed by atoms with Crippen LogP contribution < -0.4 is 10.5 Å². The van der Waals surface area contributed by atoms with Crippen LogP contribution in [-0.2, 0) is 14.8 Å². The SMILES string of the molecule is CCOCCNS(=O)(=O)c1c(Br)cc(N)cc1Br. The summed E-state index contributed by atoms with van der Waals surface area (Å²) in [6, 6.07) is 3.09. The summed E-state index contributed by atoms with van der Waals surface area (Å²) in [6.45, 7) is 2.96. The van der Waals surface area contributed by atoms with Gasteiger partial charge in [-0.2, -0.15) is 0 Å². The van der Waals surface area contributed by atoms with Crippen LogP contribution in [0.25, 0.3) is 0 Å². The molecule has 1 aromatic carbocycles. The van der Waals surface area contributed by atoms with E-state index in [4.69, 9.17) is 10.5 Å². The fourth-order valence-corrected chi connectivity index (χ4v) is 4.93. The van der Waals surface area contributed by atoms with Crippen LogP contribution in [0.3, 0.4) is 0 Å². The molecule has 0 aromatic heterocycles. The maximum atomic E-state index is 12.1. The lowest BCUT2D eigenvalue weighted by molar-refractivity contribution is 0.153. The molecule has 0 unspecified atom stereocenters. The predicted molar refractivity (Wildman–Crippen MR) is 77.9 cm³/mol. The van der Waals surface area contributed by atoms with Crippen LogP contribution in [0.15, 0.2) is 26.0 Å². The van der Waals surface area contributed by atoms with E-state index in [0.717, 1.165) is 0 Å². The third kappa shape index (κ3) is 4.20. The quantitative estimate of drug-likeness (QED) is 0.565. The molecule has 8 heteroatoms. The lowest BCUT2D eigenvalue weighted by Crippen LogP contribution is -2.28. The molecule has 0 heterocycles. The molecule has 0 saturated carbocycles. The van der Waals surface area contributed by atoms with E-state index in [1.165, 1.54) is 0 Å². The highest BCUT2D eigenvalue weighted by Gasteiger charge is 2.21.